The third-order valence-corrected chi connectivity index (χ3v) is 6.01. The molecule has 9 heteroatoms. The highest BCUT2D eigenvalue weighted by atomic mass is 35.5. The van der Waals surface area contributed by atoms with Crippen LogP contribution in [0.15, 0.2) is 18.2 Å². The van der Waals surface area contributed by atoms with Gasteiger partial charge in [-0.05, 0) is 45.7 Å². The fourth-order valence-corrected chi connectivity index (χ4v) is 4.70. The van der Waals surface area contributed by atoms with Gasteiger partial charge in [-0.1, -0.05) is 17.7 Å². The number of hydrogen-bond donors (Lipinski definition) is 1. The summed E-state index contributed by atoms with van der Waals surface area (Å²) < 4.78 is 45.7. The van der Waals surface area contributed by atoms with Crippen LogP contribution in [0.25, 0.3) is 0 Å². The molecule has 1 unspecified atom stereocenters. The van der Waals surface area contributed by atoms with E-state index >= 15 is 0 Å². The van der Waals surface area contributed by atoms with Crippen molar-refractivity contribution in [1.29, 1.82) is 0 Å². The normalized spacial score (nSPS) is 19.2. The minimum Gasteiger partial charge on any atom is -0.444 e. The Morgan fingerprint density at radius 3 is 2.73 bits per heavy atom. The molecule has 1 aliphatic rings. The van der Waals surface area contributed by atoms with Gasteiger partial charge in [0.05, 0.1) is 5.75 Å². The molecule has 1 amide bonds. The monoisotopic (exact) mass is 406 g/mol. The summed E-state index contributed by atoms with van der Waals surface area (Å²) in [6.07, 6.45) is 0.648. The molecule has 0 aromatic heterocycles. The lowest BCUT2D eigenvalue weighted by molar-refractivity contribution is 0.0487. The van der Waals surface area contributed by atoms with E-state index in [1.165, 1.54) is 22.5 Å². The van der Waals surface area contributed by atoms with Crippen molar-refractivity contribution in [3.63, 3.8) is 0 Å². The molecule has 1 saturated heterocycles. The summed E-state index contributed by atoms with van der Waals surface area (Å²) >= 11 is 5.94. The first-order valence-electron chi connectivity index (χ1n) is 8.38. The van der Waals surface area contributed by atoms with E-state index in [4.69, 9.17) is 16.3 Å². The minimum atomic E-state index is -3.77. The van der Waals surface area contributed by atoms with Crippen molar-refractivity contribution < 1.29 is 22.3 Å². The Morgan fingerprint density at radius 2 is 2.12 bits per heavy atom. The Morgan fingerprint density at radius 1 is 1.42 bits per heavy atom. The molecule has 0 aliphatic carbocycles. The molecule has 1 N–H and O–H groups in total. The zero-order valence-electron chi connectivity index (χ0n) is 15.1. The predicted octanol–water partition coefficient (Wildman–Crippen LogP) is 3.30. The number of nitrogens with one attached hydrogen (secondary N) is 1. The first-order valence-corrected chi connectivity index (χ1v) is 10.4. The van der Waals surface area contributed by atoms with Gasteiger partial charge in [0.1, 0.15) is 11.4 Å². The molecule has 1 fully saturated rings. The smallest absolute Gasteiger partial charge is 0.407 e. The van der Waals surface area contributed by atoms with Crippen LogP contribution in [0.2, 0.25) is 5.02 Å². The number of rotatable bonds is 4. The quantitative estimate of drug-likeness (QED) is 0.832. The summed E-state index contributed by atoms with van der Waals surface area (Å²) in [6.45, 7) is 5.70. The Labute approximate surface area is 158 Å². The second kappa shape index (κ2) is 8.10. The number of piperidine rings is 1. The maximum Gasteiger partial charge on any atom is 0.407 e. The number of halogens is 2. The molecular formula is C17H24ClFN2O4S. The molecule has 0 saturated carbocycles. The van der Waals surface area contributed by atoms with Crippen LogP contribution in [0.4, 0.5) is 9.18 Å². The van der Waals surface area contributed by atoms with E-state index in [1.54, 1.807) is 20.8 Å². The fraction of sp³-hybridized carbons (Fsp3) is 0.588. The topological polar surface area (TPSA) is 75.7 Å². The number of hydrogen-bond acceptors (Lipinski definition) is 4. The molecule has 0 radical (unpaired) electrons. The van der Waals surface area contributed by atoms with E-state index in [9.17, 15) is 17.6 Å². The highest BCUT2D eigenvalue weighted by molar-refractivity contribution is 7.88. The van der Waals surface area contributed by atoms with Gasteiger partial charge in [0, 0.05) is 29.7 Å². The summed E-state index contributed by atoms with van der Waals surface area (Å²) in [5, 5.41) is 2.77. The minimum absolute atomic E-state index is 0.0450. The molecule has 26 heavy (non-hydrogen) atoms. The average Bonchev–Trinajstić information content (AvgIpc) is 2.49. The van der Waals surface area contributed by atoms with Crippen LogP contribution in [-0.2, 0) is 20.5 Å². The number of carbonyl (C=O) groups is 1. The van der Waals surface area contributed by atoms with E-state index in [1.807, 2.05) is 0 Å². The van der Waals surface area contributed by atoms with Gasteiger partial charge in [0.15, 0.2) is 0 Å². The van der Waals surface area contributed by atoms with Crippen LogP contribution in [-0.4, -0.2) is 43.5 Å². The summed E-state index contributed by atoms with van der Waals surface area (Å²) in [5.41, 5.74) is -0.678. The van der Waals surface area contributed by atoms with Crippen molar-refractivity contribution >= 4 is 27.7 Å². The summed E-state index contributed by atoms with van der Waals surface area (Å²) in [4.78, 5) is 11.9. The molecule has 0 spiro atoms. The van der Waals surface area contributed by atoms with E-state index in [0.717, 1.165) is 0 Å². The van der Waals surface area contributed by atoms with E-state index in [0.29, 0.717) is 19.4 Å². The number of carbonyl (C=O) groups excluding carboxylic acids is 1. The molecule has 1 aromatic carbocycles. The maximum absolute atomic E-state index is 13.9. The van der Waals surface area contributed by atoms with Crippen LogP contribution in [0, 0.1) is 5.82 Å². The summed E-state index contributed by atoms with van der Waals surface area (Å²) in [6, 6.07) is 3.71. The number of ether oxygens (including phenoxy) is 1. The third kappa shape index (κ3) is 5.82. The lowest BCUT2D eigenvalue weighted by atomic mass is 10.1. The Balaban J connectivity index is 2.04. The first-order chi connectivity index (χ1) is 12.0. The van der Waals surface area contributed by atoms with E-state index in [2.05, 4.69) is 5.32 Å². The predicted molar refractivity (Wildman–Crippen MR) is 98.0 cm³/mol. The molecule has 146 valence electrons. The van der Waals surface area contributed by atoms with Gasteiger partial charge in [0.2, 0.25) is 10.0 Å². The van der Waals surface area contributed by atoms with Gasteiger partial charge < -0.3 is 10.1 Å². The van der Waals surface area contributed by atoms with Crippen molar-refractivity contribution in [2.24, 2.45) is 0 Å². The second-order valence-electron chi connectivity index (χ2n) is 7.30. The van der Waals surface area contributed by atoms with E-state index in [-0.39, 0.29) is 23.2 Å². The van der Waals surface area contributed by atoms with Crippen LogP contribution < -0.4 is 5.32 Å². The van der Waals surface area contributed by atoms with Crippen LogP contribution in [0.1, 0.15) is 39.2 Å². The maximum atomic E-state index is 13.9. The van der Waals surface area contributed by atoms with Gasteiger partial charge >= 0.3 is 6.09 Å². The van der Waals surface area contributed by atoms with Gasteiger partial charge in [-0.2, -0.15) is 4.31 Å². The van der Waals surface area contributed by atoms with Gasteiger partial charge in [-0.3, -0.25) is 0 Å². The Hall–Kier alpha value is -1.38. The van der Waals surface area contributed by atoms with Gasteiger partial charge in [-0.25, -0.2) is 17.6 Å². The van der Waals surface area contributed by atoms with Crippen LogP contribution in [0.5, 0.6) is 0 Å². The number of alkyl carbamates (subject to hydrolysis) is 1. The first kappa shape index (κ1) is 20.9. The third-order valence-electron chi connectivity index (χ3n) is 3.89. The standard InChI is InChI=1S/C17H24ClFN2O4S/c1-17(2,3)25-16(22)20-12-6-5-9-21(10-12)26(23,24)11-13-14(18)7-4-8-15(13)19/h4,7-8,12H,5-6,9-11H2,1-3H3,(H,20,22). The lowest BCUT2D eigenvalue weighted by Gasteiger charge is -2.33. The molecular weight excluding hydrogens is 383 g/mol. The summed E-state index contributed by atoms with van der Waals surface area (Å²) in [7, 11) is -3.77. The number of sulfonamides is 1. The molecule has 1 heterocycles. The van der Waals surface area contributed by atoms with Crippen molar-refractivity contribution in [2.45, 2.75) is 51.0 Å². The molecule has 1 aromatic rings. The number of nitrogens with zero attached hydrogens (tertiary/aromatic N) is 1. The molecule has 2 rings (SSSR count). The second-order valence-corrected chi connectivity index (χ2v) is 9.68. The molecule has 1 aliphatic heterocycles. The van der Waals surface area contributed by atoms with Crippen molar-refractivity contribution in [3.8, 4) is 0 Å². The highest BCUT2D eigenvalue weighted by Crippen LogP contribution is 2.24. The number of benzene rings is 1. The molecule has 6 nitrogen and oxygen atoms in total. The molecule has 1 atom stereocenters. The lowest BCUT2D eigenvalue weighted by Crippen LogP contribution is -2.50. The van der Waals surface area contributed by atoms with Crippen LogP contribution in [0.3, 0.4) is 0 Å². The van der Waals surface area contributed by atoms with Gasteiger partial charge in [-0.15, -0.1) is 0 Å². The number of amides is 1. The highest BCUT2D eigenvalue weighted by Gasteiger charge is 2.31. The molecule has 0 bridgehead atoms. The fourth-order valence-electron chi connectivity index (χ4n) is 2.73. The van der Waals surface area contributed by atoms with E-state index < -0.39 is 33.3 Å². The zero-order valence-corrected chi connectivity index (χ0v) is 16.7. The summed E-state index contributed by atoms with van der Waals surface area (Å²) in [5.74, 6) is -1.17. The van der Waals surface area contributed by atoms with Crippen LogP contribution >= 0.6 is 11.6 Å². The Bertz CT molecular complexity index is 744. The van der Waals surface area contributed by atoms with Crippen molar-refractivity contribution in [3.05, 3.63) is 34.6 Å². The average molecular weight is 407 g/mol. The van der Waals surface area contributed by atoms with Crippen molar-refractivity contribution in [2.75, 3.05) is 13.1 Å². The Kier molecular flexibility index (Phi) is 6.52. The van der Waals surface area contributed by atoms with Gasteiger partial charge in [0.25, 0.3) is 0 Å². The SMILES string of the molecule is CC(C)(C)OC(=O)NC1CCCN(S(=O)(=O)Cc2c(F)cccc2Cl)C1. The van der Waals surface area contributed by atoms with Crippen molar-refractivity contribution in [1.82, 2.24) is 9.62 Å². The zero-order chi connectivity index (χ0) is 19.5. The largest absolute Gasteiger partial charge is 0.444 e.